The van der Waals surface area contributed by atoms with Gasteiger partial charge >= 0.3 is 0 Å². The summed E-state index contributed by atoms with van der Waals surface area (Å²) in [6.07, 6.45) is 0. The van der Waals surface area contributed by atoms with E-state index >= 15 is 0 Å². The van der Waals surface area contributed by atoms with E-state index in [1.807, 2.05) is 13.8 Å². The van der Waals surface area contributed by atoms with Gasteiger partial charge in [-0.15, -0.1) is 11.3 Å². The molecule has 19 heavy (non-hydrogen) atoms. The number of thiazole rings is 1. The minimum absolute atomic E-state index is 0.170. The highest BCUT2D eigenvalue weighted by Gasteiger charge is 2.12. The van der Waals surface area contributed by atoms with Crippen LogP contribution in [0.3, 0.4) is 0 Å². The quantitative estimate of drug-likeness (QED) is 0.901. The van der Waals surface area contributed by atoms with Crippen LogP contribution >= 0.6 is 11.3 Å². The predicted octanol–water partition coefficient (Wildman–Crippen LogP) is 3.46. The average Bonchev–Trinajstić information content (AvgIpc) is 2.70. The number of hydrogen-bond acceptors (Lipinski definition) is 4. The summed E-state index contributed by atoms with van der Waals surface area (Å²) >= 11 is 1.68. The third kappa shape index (κ3) is 3.30. The number of benzene rings is 1. The third-order valence-corrected chi connectivity index (χ3v) is 4.21. The Balaban J connectivity index is 2.02. The maximum absolute atomic E-state index is 13.2. The van der Waals surface area contributed by atoms with Crippen molar-refractivity contribution in [2.24, 2.45) is 0 Å². The Bertz CT molecular complexity index is 583. The molecule has 0 fully saturated rings. The molecule has 0 bridgehead atoms. The molecule has 102 valence electrons. The van der Waals surface area contributed by atoms with Gasteiger partial charge in [0.25, 0.3) is 0 Å². The number of aryl methyl sites for hydroxylation is 2. The van der Waals surface area contributed by atoms with Gasteiger partial charge in [0.2, 0.25) is 0 Å². The van der Waals surface area contributed by atoms with Gasteiger partial charge in [0.15, 0.2) is 11.6 Å². The first kappa shape index (κ1) is 14.0. The van der Waals surface area contributed by atoms with Crippen molar-refractivity contribution in [3.05, 3.63) is 45.2 Å². The predicted molar refractivity (Wildman–Crippen MR) is 74.9 cm³/mol. The molecule has 2 rings (SSSR count). The zero-order chi connectivity index (χ0) is 14.0. The van der Waals surface area contributed by atoms with Crippen molar-refractivity contribution in [1.82, 2.24) is 10.3 Å². The van der Waals surface area contributed by atoms with Crippen LogP contribution in [0.2, 0.25) is 0 Å². The van der Waals surface area contributed by atoms with E-state index in [1.165, 1.54) is 17.0 Å². The fourth-order valence-electron chi connectivity index (χ4n) is 1.97. The van der Waals surface area contributed by atoms with Crippen LogP contribution < -0.4 is 5.32 Å². The lowest BCUT2D eigenvalue weighted by Gasteiger charge is -2.13. The molecule has 0 aliphatic carbocycles. The number of nitrogens with zero attached hydrogens (tertiary/aromatic N) is 1. The molecule has 0 aliphatic rings. The third-order valence-electron chi connectivity index (χ3n) is 2.96. The Labute approximate surface area is 116 Å². The van der Waals surface area contributed by atoms with Gasteiger partial charge in [-0.3, -0.25) is 0 Å². The standard InChI is InChI=1S/C14H17FN2OS/c1-8(14-9(2)17-10(3)19-14)16-7-11-4-5-13(18)12(15)6-11/h4-6,8,16,18H,7H2,1-3H3. The molecule has 3 nitrogen and oxygen atoms in total. The normalized spacial score (nSPS) is 12.6. The number of rotatable bonds is 4. The van der Waals surface area contributed by atoms with Gasteiger partial charge in [-0.25, -0.2) is 9.37 Å². The molecular weight excluding hydrogens is 263 g/mol. The van der Waals surface area contributed by atoms with E-state index in [0.29, 0.717) is 6.54 Å². The Hall–Kier alpha value is -1.46. The summed E-state index contributed by atoms with van der Waals surface area (Å²) in [6, 6.07) is 4.60. The highest BCUT2D eigenvalue weighted by Crippen LogP contribution is 2.25. The van der Waals surface area contributed by atoms with Gasteiger partial charge in [-0.1, -0.05) is 6.07 Å². The zero-order valence-corrected chi connectivity index (χ0v) is 12.0. The molecule has 1 heterocycles. The number of hydrogen-bond donors (Lipinski definition) is 2. The molecule has 0 saturated heterocycles. The minimum atomic E-state index is -0.586. The summed E-state index contributed by atoms with van der Waals surface area (Å²) in [6.45, 7) is 6.60. The molecular formula is C14H17FN2OS. The van der Waals surface area contributed by atoms with E-state index in [0.717, 1.165) is 16.3 Å². The monoisotopic (exact) mass is 280 g/mol. The second-order valence-corrected chi connectivity index (χ2v) is 5.81. The lowest BCUT2D eigenvalue weighted by atomic mass is 10.2. The number of phenolic OH excluding ortho intramolecular Hbond substituents is 1. The smallest absolute Gasteiger partial charge is 0.165 e. The number of aromatic nitrogens is 1. The summed E-state index contributed by atoms with van der Waals surface area (Å²) in [5, 5.41) is 13.5. The van der Waals surface area contributed by atoms with Crippen molar-refractivity contribution in [1.29, 1.82) is 0 Å². The van der Waals surface area contributed by atoms with Gasteiger partial charge in [-0.2, -0.15) is 0 Å². The van der Waals surface area contributed by atoms with Gasteiger partial charge in [0.1, 0.15) is 0 Å². The van der Waals surface area contributed by atoms with Crippen molar-refractivity contribution in [2.75, 3.05) is 0 Å². The van der Waals surface area contributed by atoms with Gasteiger partial charge in [-0.05, 0) is 38.5 Å². The fraction of sp³-hybridized carbons (Fsp3) is 0.357. The van der Waals surface area contributed by atoms with E-state index in [-0.39, 0.29) is 11.8 Å². The molecule has 5 heteroatoms. The van der Waals surface area contributed by atoms with Crippen LogP contribution in [0.4, 0.5) is 4.39 Å². The minimum Gasteiger partial charge on any atom is -0.505 e. The Morgan fingerprint density at radius 1 is 1.42 bits per heavy atom. The number of halogens is 1. The van der Waals surface area contributed by atoms with Crippen LogP contribution in [0.25, 0.3) is 0 Å². The fourth-order valence-corrected chi connectivity index (χ4v) is 2.93. The largest absolute Gasteiger partial charge is 0.505 e. The maximum atomic E-state index is 13.2. The lowest BCUT2D eigenvalue weighted by molar-refractivity contribution is 0.431. The average molecular weight is 280 g/mol. The van der Waals surface area contributed by atoms with Crippen LogP contribution in [-0.2, 0) is 6.54 Å². The Kier molecular flexibility index (Phi) is 4.17. The van der Waals surface area contributed by atoms with Crippen molar-refractivity contribution in [3.63, 3.8) is 0 Å². The van der Waals surface area contributed by atoms with Crippen LogP contribution in [-0.4, -0.2) is 10.1 Å². The first-order chi connectivity index (χ1) is 8.97. The summed E-state index contributed by atoms with van der Waals surface area (Å²) in [7, 11) is 0. The van der Waals surface area contributed by atoms with Crippen LogP contribution in [0.15, 0.2) is 18.2 Å². The van der Waals surface area contributed by atoms with E-state index < -0.39 is 5.82 Å². The van der Waals surface area contributed by atoms with E-state index in [9.17, 15) is 4.39 Å². The van der Waals surface area contributed by atoms with Crippen molar-refractivity contribution in [3.8, 4) is 5.75 Å². The molecule has 0 spiro atoms. The van der Waals surface area contributed by atoms with Crippen LogP contribution in [0, 0.1) is 19.7 Å². The summed E-state index contributed by atoms with van der Waals surface area (Å²) in [5.74, 6) is -0.900. The second kappa shape index (κ2) is 5.67. The van der Waals surface area contributed by atoms with Gasteiger partial charge in [0.05, 0.1) is 10.7 Å². The number of aromatic hydroxyl groups is 1. The van der Waals surface area contributed by atoms with Crippen molar-refractivity contribution in [2.45, 2.75) is 33.4 Å². The molecule has 1 atom stereocenters. The highest BCUT2D eigenvalue weighted by molar-refractivity contribution is 7.11. The Morgan fingerprint density at radius 2 is 2.16 bits per heavy atom. The van der Waals surface area contributed by atoms with Crippen LogP contribution in [0.5, 0.6) is 5.75 Å². The zero-order valence-electron chi connectivity index (χ0n) is 11.2. The maximum Gasteiger partial charge on any atom is 0.165 e. The van der Waals surface area contributed by atoms with Crippen molar-refractivity contribution < 1.29 is 9.50 Å². The molecule has 0 saturated carbocycles. The van der Waals surface area contributed by atoms with Crippen LogP contribution in [0.1, 0.15) is 34.1 Å². The Morgan fingerprint density at radius 3 is 2.74 bits per heavy atom. The van der Waals surface area contributed by atoms with Crippen molar-refractivity contribution >= 4 is 11.3 Å². The SMILES string of the molecule is Cc1nc(C)c(C(C)NCc2ccc(O)c(F)c2)s1. The first-order valence-corrected chi connectivity index (χ1v) is 6.93. The number of phenols is 1. The molecule has 2 N–H and O–H groups in total. The van der Waals surface area contributed by atoms with Gasteiger partial charge in [0, 0.05) is 17.5 Å². The molecule has 1 unspecified atom stereocenters. The molecule has 1 aromatic carbocycles. The topological polar surface area (TPSA) is 45.2 Å². The molecule has 1 aromatic heterocycles. The molecule has 0 radical (unpaired) electrons. The van der Waals surface area contributed by atoms with E-state index in [2.05, 4.69) is 17.2 Å². The number of nitrogens with one attached hydrogen (secondary N) is 1. The summed E-state index contributed by atoms with van der Waals surface area (Å²) in [5.41, 5.74) is 1.85. The lowest BCUT2D eigenvalue weighted by Crippen LogP contribution is -2.18. The summed E-state index contributed by atoms with van der Waals surface area (Å²) in [4.78, 5) is 5.60. The molecule has 2 aromatic rings. The summed E-state index contributed by atoms with van der Waals surface area (Å²) < 4.78 is 13.2. The van der Waals surface area contributed by atoms with E-state index in [1.54, 1.807) is 17.4 Å². The molecule has 0 amide bonds. The van der Waals surface area contributed by atoms with Gasteiger partial charge < -0.3 is 10.4 Å². The van der Waals surface area contributed by atoms with E-state index in [4.69, 9.17) is 5.11 Å². The molecule has 0 aliphatic heterocycles. The highest BCUT2D eigenvalue weighted by atomic mass is 32.1. The first-order valence-electron chi connectivity index (χ1n) is 6.12. The second-order valence-electron chi connectivity index (χ2n) is 4.57.